The van der Waals surface area contributed by atoms with Crippen LogP contribution in [0.15, 0.2) is 48.5 Å². The highest BCUT2D eigenvalue weighted by molar-refractivity contribution is 5.96. The molecule has 7 nitrogen and oxygen atoms in total. The summed E-state index contributed by atoms with van der Waals surface area (Å²) in [5.74, 6) is 1.03. The van der Waals surface area contributed by atoms with Crippen LogP contribution in [0, 0.1) is 11.8 Å². The number of alkyl halides is 3. The van der Waals surface area contributed by atoms with Crippen LogP contribution in [-0.4, -0.2) is 42.4 Å². The van der Waals surface area contributed by atoms with Gasteiger partial charge in [0.05, 0.1) is 11.1 Å². The molecule has 186 valence electrons. The Labute approximate surface area is 201 Å². The molecule has 1 saturated carbocycles. The lowest BCUT2D eigenvalue weighted by atomic mass is 9.82. The highest BCUT2D eigenvalue weighted by atomic mass is 19.4. The standard InChI is InChI=1S/C25H28F3N5O2/c1-29-22-18-6-2-4-8-20(18)32-24(33-22)31-15-17-12-10-16(11-13-17)14-30-23(34)19-7-3-5-9-21(19)35-25(26,27)28/h2-9,16-17H,10-15H2,1H3,(H,30,34)(H2,29,31,32,33). The Bertz CT molecular complexity index is 1160. The second-order valence-electron chi connectivity index (χ2n) is 8.68. The molecule has 0 aliphatic heterocycles. The highest BCUT2D eigenvalue weighted by Crippen LogP contribution is 2.30. The number of nitrogens with one attached hydrogen (secondary N) is 3. The smallest absolute Gasteiger partial charge is 0.405 e. The van der Waals surface area contributed by atoms with Crippen molar-refractivity contribution >= 4 is 28.6 Å². The summed E-state index contributed by atoms with van der Waals surface area (Å²) in [5, 5.41) is 10.2. The first-order valence-corrected chi connectivity index (χ1v) is 11.6. The molecule has 2 aromatic carbocycles. The molecule has 4 rings (SSSR count). The fourth-order valence-electron chi connectivity index (χ4n) is 4.42. The van der Waals surface area contributed by atoms with Crippen LogP contribution in [0.1, 0.15) is 36.0 Å². The van der Waals surface area contributed by atoms with Gasteiger partial charge in [0.15, 0.2) is 0 Å². The van der Waals surface area contributed by atoms with Gasteiger partial charge in [-0.3, -0.25) is 4.79 Å². The number of carbonyl (C=O) groups excluding carboxylic acids is 1. The zero-order valence-electron chi connectivity index (χ0n) is 19.4. The van der Waals surface area contributed by atoms with Crippen LogP contribution in [0.4, 0.5) is 24.9 Å². The summed E-state index contributed by atoms with van der Waals surface area (Å²) < 4.78 is 41.8. The molecule has 35 heavy (non-hydrogen) atoms. The number of amides is 1. The predicted octanol–water partition coefficient (Wildman–Crippen LogP) is 5.22. The maximum absolute atomic E-state index is 12.6. The summed E-state index contributed by atoms with van der Waals surface area (Å²) in [7, 11) is 1.83. The van der Waals surface area contributed by atoms with Gasteiger partial charge in [-0.2, -0.15) is 4.98 Å². The van der Waals surface area contributed by atoms with E-state index in [-0.39, 0.29) is 11.5 Å². The van der Waals surface area contributed by atoms with Gasteiger partial charge in [-0.05, 0) is 61.8 Å². The second kappa shape index (κ2) is 10.8. The van der Waals surface area contributed by atoms with Crippen LogP contribution in [-0.2, 0) is 0 Å². The number of ether oxygens (including phenoxy) is 1. The number of halogens is 3. The second-order valence-corrected chi connectivity index (χ2v) is 8.68. The van der Waals surface area contributed by atoms with Gasteiger partial charge in [-0.15, -0.1) is 13.2 Å². The van der Waals surface area contributed by atoms with Gasteiger partial charge < -0.3 is 20.7 Å². The molecule has 0 unspecified atom stereocenters. The Morgan fingerprint density at radius 2 is 1.63 bits per heavy atom. The molecule has 0 bridgehead atoms. The van der Waals surface area contributed by atoms with Crippen molar-refractivity contribution in [2.45, 2.75) is 32.0 Å². The number of para-hydroxylation sites is 2. The van der Waals surface area contributed by atoms with Gasteiger partial charge in [0.1, 0.15) is 11.6 Å². The fourth-order valence-corrected chi connectivity index (χ4v) is 4.42. The topological polar surface area (TPSA) is 88.2 Å². The van der Waals surface area contributed by atoms with Crippen molar-refractivity contribution in [3.63, 3.8) is 0 Å². The highest BCUT2D eigenvalue weighted by Gasteiger charge is 2.33. The molecule has 0 radical (unpaired) electrons. The van der Waals surface area contributed by atoms with Crippen molar-refractivity contribution in [3.05, 3.63) is 54.1 Å². The third kappa shape index (κ3) is 6.52. The van der Waals surface area contributed by atoms with Crippen LogP contribution in [0.25, 0.3) is 10.9 Å². The van der Waals surface area contributed by atoms with Crippen LogP contribution >= 0.6 is 0 Å². The molecule has 10 heteroatoms. The Hall–Kier alpha value is -3.56. The van der Waals surface area contributed by atoms with Crippen molar-refractivity contribution in [1.29, 1.82) is 0 Å². The van der Waals surface area contributed by atoms with Crippen LogP contribution in [0.2, 0.25) is 0 Å². The fraction of sp³-hybridized carbons (Fsp3) is 0.400. The zero-order valence-corrected chi connectivity index (χ0v) is 19.4. The molecule has 1 aliphatic carbocycles. The summed E-state index contributed by atoms with van der Waals surface area (Å²) in [5.41, 5.74) is 0.745. The third-order valence-electron chi connectivity index (χ3n) is 6.26. The van der Waals surface area contributed by atoms with Crippen molar-refractivity contribution < 1.29 is 22.7 Å². The van der Waals surface area contributed by atoms with Gasteiger partial charge in [0.25, 0.3) is 5.91 Å². The molecule has 1 fully saturated rings. The number of carbonyl (C=O) groups is 1. The van der Waals surface area contributed by atoms with E-state index in [9.17, 15) is 18.0 Å². The maximum atomic E-state index is 12.6. The Kier molecular flexibility index (Phi) is 7.57. The molecular formula is C25H28F3N5O2. The molecule has 1 amide bonds. The number of aromatic nitrogens is 2. The average molecular weight is 488 g/mol. The molecule has 3 N–H and O–H groups in total. The van der Waals surface area contributed by atoms with Gasteiger partial charge in [0, 0.05) is 25.5 Å². The number of hydrogen-bond acceptors (Lipinski definition) is 6. The lowest BCUT2D eigenvalue weighted by Gasteiger charge is -2.29. The minimum absolute atomic E-state index is 0.126. The van der Waals surface area contributed by atoms with Crippen molar-refractivity contribution in [2.24, 2.45) is 11.8 Å². The summed E-state index contributed by atoms with van der Waals surface area (Å²) in [6.45, 7) is 1.17. The van der Waals surface area contributed by atoms with Gasteiger partial charge in [0.2, 0.25) is 5.95 Å². The van der Waals surface area contributed by atoms with E-state index in [1.165, 1.54) is 18.2 Å². The van der Waals surface area contributed by atoms with E-state index in [4.69, 9.17) is 0 Å². The van der Waals surface area contributed by atoms with Gasteiger partial charge in [-0.25, -0.2) is 4.98 Å². The van der Waals surface area contributed by atoms with E-state index in [0.29, 0.717) is 18.4 Å². The van der Waals surface area contributed by atoms with Crippen molar-refractivity contribution in [1.82, 2.24) is 15.3 Å². The molecule has 0 atom stereocenters. The maximum Gasteiger partial charge on any atom is 0.573 e. The van der Waals surface area contributed by atoms with E-state index in [2.05, 4.69) is 30.7 Å². The average Bonchev–Trinajstić information content (AvgIpc) is 2.85. The molecule has 1 heterocycles. The molecule has 3 aromatic rings. The third-order valence-corrected chi connectivity index (χ3v) is 6.26. The van der Waals surface area contributed by atoms with E-state index >= 15 is 0 Å². The first kappa shape index (κ1) is 24.6. The Balaban J connectivity index is 1.25. The largest absolute Gasteiger partial charge is 0.573 e. The first-order valence-electron chi connectivity index (χ1n) is 11.6. The van der Waals surface area contributed by atoms with Crippen LogP contribution < -0.4 is 20.7 Å². The molecular weight excluding hydrogens is 459 g/mol. The first-order chi connectivity index (χ1) is 16.8. The van der Waals surface area contributed by atoms with Gasteiger partial charge >= 0.3 is 6.36 Å². The van der Waals surface area contributed by atoms with E-state index in [1.54, 1.807) is 0 Å². The number of hydrogen-bond donors (Lipinski definition) is 3. The van der Waals surface area contributed by atoms with E-state index in [1.807, 2.05) is 31.3 Å². The predicted molar refractivity (Wildman–Crippen MR) is 128 cm³/mol. The van der Waals surface area contributed by atoms with E-state index in [0.717, 1.165) is 55.0 Å². The van der Waals surface area contributed by atoms with Crippen molar-refractivity contribution in [3.8, 4) is 5.75 Å². The number of fused-ring (bicyclic) bond motifs is 1. The Morgan fingerprint density at radius 3 is 2.34 bits per heavy atom. The summed E-state index contributed by atoms with van der Waals surface area (Å²) in [6.07, 6.45) is -1.04. The molecule has 0 spiro atoms. The minimum Gasteiger partial charge on any atom is -0.405 e. The normalized spacial score (nSPS) is 18.2. The summed E-state index contributed by atoms with van der Waals surface area (Å²) >= 11 is 0. The molecule has 0 saturated heterocycles. The van der Waals surface area contributed by atoms with Crippen LogP contribution in [0.3, 0.4) is 0 Å². The summed E-state index contributed by atoms with van der Waals surface area (Å²) in [4.78, 5) is 21.6. The molecule has 1 aromatic heterocycles. The number of benzene rings is 2. The van der Waals surface area contributed by atoms with Gasteiger partial charge in [-0.1, -0.05) is 24.3 Å². The van der Waals surface area contributed by atoms with Crippen LogP contribution in [0.5, 0.6) is 5.75 Å². The monoisotopic (exact) mass is 487 g/mol. The molecule has 1 aliphatic rings. The summed E-state index contributed by atoms with van der Waals surface area (Å²) in [6, 6.07) is 13.2. The number of nitrogens with zero attached hydrogens (tertiary/aromatic N) is 2. The SMILES string of the molecule is CNc1nc(NCC2CCC(CNC(=O)c3ccccc3OC(F)(F)F)CC2)nc2ccccc12. The van der Waals surface area contributed by atoms with Crippen molar-refractivity contribution in [2.75, 3.05) is 30.8 Å². The number of anilines is 2. The lowest BCUT2D eigenvalue weighted by Crippen LogP contribution is -2.33. The zero-order chi connectivity index (χ0) is 24.8. The Morgan fingerprint density at radius 1 is 0.971 bits per heavy atom. The quantitative estimate of drug-likeness (QED) is 0.404. The lowest BCUT2D eigenvalue weighted by molar-refractivity contribution is -0.274. The number of rotatable bonds is 8. The van der Waals surface area contributed by atoms with E-state index < -0.39 is 18.0 Å². The minimum atomic E-state index is -4.85.